The molecule has 0 radical (unpaired) electrons. The van der Waals surface area contributed by atoms with Crippen LogP contribution in [-0.4, -0.2) is 167 Å². The minimum Gasteiger partial charge on any atom is -0.394 e. The summed E-state index contributed by atoms with van der Waals surface area (Å²) >= 11 is 0. The lowest BCUT2D eigenvalue weighted by Gasteiger charge is -2.53. The Morgan fingerprint density at radius 3 is 2.02 bits per heavy atom. The van der Waals surface area contributed by atoms with Crippen molar-refractivity contribution in [1.82, 2.24) is 0 Å². The predicted molar refractivity (Wildman–Crippen MR) is 211 cm³/mol. The van der Waals surface area contributed by atoms with Gasteiger partial charge in [-0.3, -0.25) is 4.79 Å². The third-order valence-electron chi connectivity index (χ3n) is 12.8. The Morgan fingerprint density at radius 1 is 0.897 bits per heavy atom. The number of carbonyl (C=O) groups excluding carboxylic acids is 1. The molecule has 1 saturated carbocycles. The number of ether oxygens (including phenoxy) is 4. The molecule has 2 saturated heterocycles. The van der Waals surface area contributed by atoms with Crippen LogP contribution < -0.4 is 0 Å². The van der Waals surface area contributed by atoms with Gasteiger partial charge in [0.2, 0.25) is 0 Å². The Balaban J connectivity index is 1.84. The molecule has 16 heteroatoms. The summed E-state index contributed by atoms with van der Waals surface area (Å²) < 4.78 is 23.2. The lowest BCUT2D eigenvalue weighted by molar-refractivity contribution is -0.308. The van der Waals surface area contributed by atoms with Crippen LogP contribution in [0.1, 0.15) is 106 Å². The number of carbonyl (C=O) groups is 1. The van der Waals surface area contributed by atoms with E-state index < -0.39 is 103 Å². The first-order chi connectivity index (χ1) is 27.0. The number of aliphatic hydroxyl groups is 11. The predicted octanol–water partition coefficient (Wildman–Crippen LogP) is 0.426. The number of aliphatic hydroxyl groups excluding tert-OH is 9. The number of hydrogen-bond acceptors (Lipinski definition) is 16. The van der Waals surface area contributed by atoms with E-state index in [9.17, 15) is 61.0 Å². The Hall–Kier alpha value is -1.71. The Kier molecular flexibility index (Phi) is 19.1. The highest BCUT2D eigenvalue weighted by Crippen LogP contribution is 2.55. The second-order valence-corrected chi connectivity index (χ2v) is 17.6. The second-order valence-electron chi connectivity index (χ2n) is 17.6. The van der Waals surface area contributed by atoms with Gasteiger partial charge in [0.05, 0.1) is 36.6 Å². The molecule has 336 valence electrons. The van der Waals surface area contributed by atoms with Gasteiger partial charge in [0.1, 0.15) is 55.1 Å². The molecule has 11 N–H and O–H groups in total. The molecule has 16 nitrogen and oxygen atoms in total. The molecular formula is C42H72O16. The molecule has 0 aromatic carbocycles. The summed E-state index contributed by atoms with van der Waals surface area (Å²) in [7, 11) is 0. The number of hydrogen-bond donors (Lipinski definition) is 11. The van der Waals surface area contributed by atoms with Crippen molar-refractivity contribution >= 4 is 6.29 Å². The fourth-order valence-electron chi connectivity index (χ4n) is 8.32. The van der Waals surface area contributed by atoms with Crippen LogP contribution in [-0.2, 0) is 23.7 Å². The third kappa shape index (κ3) is 12.4. The fourth-order valence-corrected chi connectivity index (χ4v) is 8.32. The van der Waals surface area contributed by atoms with Crippen molar-refractivity contribution in [2.45, 2.75) is 191 Å². The van der Waals surface area contributed by atoms with Crippen molar-refractivity contribution in [3.8, 4) is 0 Å². The van der Waals surface area contributed by atoms with E-state index in [0.29, 0.717) is 63.4 Å². The molecule has 0 spiro atoms. The van der Waals surface area contributed by atoms with Gasteiger partial charge in [-0.25, -0.2) is 0 Å². The lowest BCUT2D eigenvalue weighted by Crippen LogP contribution is -2.59. The zero-order valence-corrected chi connectivity index (χ0v) is 35.2. The Morgan fingerprint density at radius 2 is 1.47 bits per heavy atom. The van der Waals surface area contributed by atoms with Crippen LogP contribution in [0.5, 0.6) is 0 Å². The minimum atomic E-state index is -1.63. The van der Waals surface area contributed by atoms with Crippen LogP contribution in [0.25, 0.3) is 0 Å². The average molecular weight is 833 g/mol. The van der Waals surface area contributed by atoms with Crippen LogP contribution in [0.15, 0.2) is 34.4 Å². The van der Waals surface area contributed by atoms with Crippen molar-refractivity contribution in [1.29, 1.82) is 0 Å². The fraction of sp³-hybridized carbons (Fsp3) is 0.833. The zero-order chi connectivity index (χ0) is 43.7. The normalized spacial score (nSPS) is 38.7. The molecule has 58 heavy (non-hydrogen) atoms. The van der Waals surface area contributed by atoms with Crippen molar-refractivity contribution in [3.63, 3.8) is 0 Å². The molecule has 2 heterocycles. The van der Waals surface area contributed by atoms with Crippen molar-refractivity contribution in [2.75, 3.05) is 19.8 Å². The van der Waals surface area contributed by atoms with Gasteiger partial charge in [-0.05, 0) is 116 Å². The van der Waals surface area contributed by atoms with E-state index in [-0.39, 0.29) is 12.5 Å². The van der Waals surface area contributed by atoms with Gasteiger partial charge >= 0.3 is 0 Å². The topological polar surface area (TPSA) is 277 Å². The highest BCUT2D eigenvalue weighted by Gasteiger charge is 2.52. The molecule has 3 aliphatic rings. The minimum absolute atomic E-state index is 0.0739. The summed E-state index contributed by atoms with van der Waals surface area (Å²) in [5, 5.41) is 114. The maximum absolute atomic E-state index is 12.1. The number of allylic oxidation sites excluding steroid dienone is 4. The second kappa shape index (κ2) is 21.9. The molecule has 0 bridgehead atoms. The summed E-state index contributed by atoms with van der Waals surface area (Å²) in [5.74, 6) is -0.264. The van der Waals surface area contributed by atoms with E-state index in [1.54, 1.807) is 13.8 Å². The quantitative estimate of drug-likeness (QED) is 0.0344. The van der Waals surface area contributed by atoms with Gasteiger partial charge in [0, 0.05) is 12.0 Å². The van der Waals surface area contributed by atoms with Gasteiger partial charge in [0.15, 0.2) is 12.6 Å². The standard InChI is InChI=1S/C42H72O16/c1-23(13-15-31(46)40(4,5)53)12-14-28(56-39-37(52)35(50)33(48)30(22-45)58-39)24(2)10-8-17-41(6)27(26(25(3)20-43)16-18-42(41,7)54)11-9-19-55-38-36(51)34(49)32(47)29(21-44)57-38/h10,12,20,27-39,44-54H,8-9,11,13-19,21-22H2,1-7H3/b23-12+,24-10+,26-25-/t27?,28?,29-,30-,31?,32-,33-,34-,35-,36-,37-,38-,39-,41?,42+/m1/s1. The van der Waals surface area contributed by atoms with Crippen LogP contribution in [0.2, 0.25) is 0 Å². The van der Waals surface area contributed by atoms with Crippen molar-refractivity contribution < 1.29 is 79.9 Å². The molecule has 3 fully saturated rings. The maximum atomic E-state index is 12.1. The highest BCUT2D eigenvalue weighted by atomic mass is 16.7. The molecule has 2 aliphatic heterocycles. The first kappa shape index (κ1) is 50.6. The Bertz CT molecular complexity index is 1390. The molecule has 4 unspecified atom stereocenters. The van der Waals surface area contributed by atoms with Crippen LogP contribution in [0, 0.1) is 11.3 Å². The summed E-state index contributed by atoms with van der Waals surface area (Å²) in [6.45, 7) is 11.2. The van der Waals surface area contributed by atoms with Crippen molar-refractivity contribution in [2.24, 2.45) is 11.3 Å². The summed E-state index contributed by atoms with van der Waals surface area (Å²) in [4.78, 5) is 12.1. The molecular weight excluding hydrogens is 760 g/mol. The smallest absolute Gasteiger partial charge is 0.187 e. The largest absolute Gasteiger partial charge is 0.394 e. The van der Waals surface area contributed by atoms with E-state index >= 15 is 0 Å². The molecule has 0 amide bonds. The number of aldehydes is 1. The molecule has 15 atom stereocenters. The highest BCUT2D eigenvalue weighted by molar-refractivity contribution is 5.74. The van der Waals surface area contributed by atoms with E-state index in [2.05, 4.69) is 0 Å². The van der Waals surface area contributed by atoms with E-state index in [0.717, 1.165) is 23.0 Å². The van der Waals surface area contributed by atoms with Gasteiger partial charge < -0.3 is 75.1 Å². The monoisotopic (exact) mass is 832 g/mol. The maximum Gasteiger partial charge on any atom is 0.187 e. The van der Waals surface area contributed by atoms with Crippen LogP contribution in [0.4, 0.5) is 0 Å². The van der Waals surface area contributed by atoms with Crippen LogP contribution in [0.3, 0.4) is 0 Å². The van der Waals surface area contributed by atoms with Gasteiger partial charge in [0.25, 0.3) is 0 Å². The third-order valence-corrected chi connectivity index (χ3v) is 12.8. The van der Waals surface area contributed by atoms with Crippen LogP contribution >= 0.6 is 0 Å². The number of rotatable bonds is 20. The lowest BCUT2D eigenvalue weighted by atomic mass is 9.54. The van der Waals surface area contributed by atoms with E-state index in [1.165, 1.54) is 13.8 Å². The molecule has 0 aromatic rings. The van der Waals surface area contributed by atoms with E-state index in [4.69, 9.17) is 18.9 Å². The van der Waals surface area contributed by atoms with Gasteiger partial charge in [-0.15, -0.1) is 0 Å². The summed E-state index contributed by atoms with van der Waals surface area (Å²) in [6.07, 6.45) is -7.49. The average Bonchev–Trinajstić information content (AvgIpc) is 3.17. The first-order valence-corrected chi connectivity index (χ1v) is 20.5. The van der Waals surface area contributed by atoms with Gasteiger partial charge in [-0.2, -0.15) is 0 Å². The van der Waals surface area contributed by atoms with Crippen molar-refractivity contribution in [3.05, 3.63) is 34.4 Å². The Labute approximate surface area is 342 Å². The summed E-state index contributed by atoms with van der Waals surface area (Å²) in [6, 6.07) is 0. The van der Waals surface area contributed by atoms with Gasteiger partial charge in [-0.1, -0.05) is 30.2 Å². The zero-order valence-electron chi connectivity index (χ0n) is 35.2. The molecule has 0 aromatic heterocycles. The first-order valence-electron chi connectivity index (χ1n) is 20.5. The molecule has 3 rings (SSSR count). The summed E-state index contributed by atoms with van der Waals surface area (Å²) in [5.41, 5.74) is -0.0130. The van der Waals surface area contributed by atoms with E-state index in [1.807, 2.05) is 32.9 Å². The molecule has 1 aliphatic carbocycles. The SMILES string of the molecule is C/C(C=O)=C1\CC[C@](C)(O)C(C)(CC/C=C(\C)C(C/C=C(\C)CCC(O)C(C)(C)O)O[C@@H]2O[C@H](CO)[C@@H](O)[C@@H](O)[C@H]2O)C1CCCO[C@@H]1O[C@H](CO)[C@@H](O)[C@@H](O)[C@H]1O.